The van der Waals surface area contributed by atoms with Crippen molar-refractivity contribution in [1.82, 2.24) is 0 Å². The van der Waals surface area contributed by atoms with Crippen LogP contribution in [0.5, 0.6) is 11.5 Å². The average Bonchev–Trinajstić information content (AvgIpc) is 2.40. The molecule has 0 heterocycles. The molecule has 0 bridgehead atoms. The first kappa shape index (κ1) is 16.1. The Morgan fingerprint density at radius 2 is 1.67 bits per heavy atom. The zero-order chi connectivity index (χ0) is 15.6. The second-order valence-electron chi connectivity index (χ2n) is 6.24. The van der Waals surface area contributed by atoms with Gasteiger partial charge in [0.05, 0.1) is 10.6 Å². The molecule has 0 aliphatic rings. The van der Waals surface area contributed by atoms with Crippen molar-refractivity contribution < 1.29 is 9.84 Å². The summed E-state index contributed by atoms with van der Waals surface area (Å²) in [6.45, 7) is 8.31. The topological polar surface area (TPSA) is 29.5 Å². The highest BCUT2D eigenvalue weighted by atomic mass is 79.9. The number of aliphatic hydroxyl groups is 1. The van der Waals surface area contributed by atoms with Gasteiger partial charge < -0.3 is 9.84 Å². The van der Waals surface area contributed by atoms with Crippen molar-refractivity contribution in [2.45, 2.75) is 39.2 Å². The van der Waals surface area contributed by atoms with E-state index in [1.165, 1.54) is 5.56 Å². The van der Waals surface area contributed by atoms with Gasteiger partial charge in [-0.3, -0.25) is 0 Å². The maximum Gasteiger partial charge on any atom is 0.141 e. The Labute approximate surface area is 134 Å². The minimum atomic E-state index is -0.485. The monoisotopic (exact) mass is 348 g/mol. The van der Waals surface area contributed by atoms with Crippen LogP contribution in [0.4, 0.5) is 0 Å². The van der Waals surface area contributed by atoms with Crippen LogP contribution in [0.3, 0.4) is 0 Å². The second-order valence-corrected chi connectivity index (χ2v) is 7.10. The van der Waals surface area contributed by atoms with Crippen LogP contribution in [0, 0.1) is 0 Å². The number of ether oxygens (including phenoxy) is 1. The first-order valence-electron chi connectivity index (χ1n) is 7.03. The van der Waals surface area contributed by atoms with Crippen LogP contribution in [0.25, 0.3) is 0 Å². The Kier molecular flexibility index (Phi) is 4.74. The predicted octanol–water partition coefficient (Wildman–Crippen LogP) is 5.59. The maximum absolute atomic E-state index is 9.57. The van der Waals surface area contributed by atoms with Crippen LogP contribution in [0.15, 0.2) is 46.9 Å². The molecule has 112 valence electrons. The van der Waals surface area contributed by atoms with Gasteiger partial charge in [0.2, 0.25) is 0 Å². The third-order valence-electron chi connectivity index (χ3n) is 3.39. The Balaban J connectivity index is 2.19. The molecule has 21 heavy (non-hydrogen) atoms. The van der Waals surface area contributed by atoms with E-state index in [-0.39, 0.29) is 5.41 Å². The average molecular weight is 349 g/mol. The van der Waals surface area contributed by atoms with E-state index in [2.05, 4.69) is 48.8 Å². The summed E-state index contributed by atoms with van der Waals surface area (Å²) in [4.78, 5) is 0. The Hall–Kier alpha value is -1.32. The summed E-state index contributed by atoms with van der Waals surface area (Å²) in [5.41, 5.74) is 2.27. The van der Waals surface area contributed by atoms with Gasteiger partial charge in [0.15, 0.2) is 0 Å². The van der Waals surface area contributed by atoms with E-state index < -0.39 is 6.10 Å². The molecule has 1 N–H and O–H groups in total. The van der Waals surface area contributed by atoms with Crippen molar-refractivity contribution in [1.29, 1.82) is 0 Å². The molecular weight excluding hydrogens is 328 g/mol. The fraction of sp³-hybridized carbons (Fsp3) is 0.333. The van der Waals surface area contributed by atoms with Crippen LogP contribution in [-0.4, -0.2) is 5.11 Å². The van der Waals surface area contributed by atoms with Crippen molar-refractivity contribution >= 4 is 15.9 Å². The molecule has 2 aromatic rings. The van der Waals surface area contributed by atoms with Crippen LogP contribution in [-0.2, 0) is 5.41 Å². The molecule has 2 nitrogen and oxygen atoms in total. The van der Waals surface area contributed by atoms with Gasteiger partial charge in [-0.15, -0.1) is 0 Å². The smallest absolute Gasteiger partial charge is 0.141 e. The number of aliphatic hydroxyl groups excluding tert-OH is 1. The van der Waals surface area contributed by atoms with E-state index in [1.807, 2.05) is 30.3 Å². The maximum atomic E-state index is 9.57. The normalized spacial score (nSPS) is 13.0. The van der Waals surface area contributed by atoms with Gasteiger partial charge in [0, 0.05) is 0 Å². The van der Waals surface area contributed by atoms with Gasteiger partial charge in [-0.25, -0.2) is 0 Å². The highest BCUT2D eigenvalue weighted by Gasteiger charge is 2.13. The molecule has 0 spiro atoms. The minimum absolute atomic E-state index is 0.137. The van der Waals surface area contributed by atoms with E-state index in [0.717, 1.165) is 21.5 Å². The van der Waals surface area contributed by atoms with Gasteiger partial charge >= 0.3 is 0 Å². The molecular formula is C18H21BrO2. The number of hydrogen-bond acceptors (Lipinski definition) is 2. The summed E-state index contributed by atoms with van der Waals surface area (Å²) in [6, 6.07) is 13.8. The second kappa shape index (κ2) is 6.20. The van der Waals surface area contributed by atoms with Gasteiger partial charge in [0.25, 0.3) is 0 Å². The lowest BCUT2D eigenvalue weighted by molar-refractivity contribution is 0.199. The van der Waals surface area contributed by atoms with Crippen molar-refractivity contribution in [3.05, 3.63) is 58.1 Å². The van der Waals surface area contributed by atoms with E-state index in [4.69, 9.17) is 4.74 Å². The predicted molar refractivity (Wildman–Crippen MR) is 90.0 cm³/mol. The summed E-state index contributed by atoms with van der Waals surface area (Å²) >= 11 is 3.48. The minimum Gasteiger partial charge on any atom is -0.456 e. The summed E-state index contributed by atoms with van der Waals surface area (Å²) in [5.74, 6) is 1.54. The summed E-state index contributed by atoms with van der Waals surface area (Å²) < 4.78 is 6.72. The van der Waals surface area contributed by atoms with Crippen LogP contribution < -0.4 is 4.74 Å². The first-order valence-corrected chi connectivity index (χ1v) is 7.82. The number of hydrogen-bond donors (Lipinski definition) is 1. The van der Waals surface area contributed by atoms with Crippen LogP contribution in [0.2, 0.25) is 0 Å². The summed E-state index contributed by atoms with van der Waals surface area (Å²) in [5, 5.41) is 9.57. The number of benzene rings is 2. The molecule has 1 atom stereocenters. The van der Waals surface area contributed by atoms with Crippen molar-refractivity contribution in [2.75, 3.05) is 0 Å². The van der Waals surface area contributed by atoms with Gasteiger partial charge in [-0.1, -0.05) is 39.0 Å². The van der Waals surface area contributed by atoms with Crippen LogP contribution >= 0.6 is 15.9 Å². The molecule has 0 aliphatic carbocycles. The molecule has 0 saturated heterocycles. The largest absolute Gasteiger partial charge is 0.456 e. The molecule has 0 radical (unpaired) electrons. The van der Waals surface area contributed by atoms with Gasteiger partial charge in [0.1, 0.15) is 11.5 Å². The van der Waals surface area contributed by atoms with Crippen LogP contribution in [0.1, 0.15) is 44.9 Å². The van der Waals surface area contributed by atoms with E-state index in [0.29, 0.717) is 0 Å². The van der Waals surface area contributed by atoms with E-state index in [9.17, 15) is 5.11 Å². The third kappa shape index (κ3) is 4.08. The quantitative estimate of drug-likeness (QED) is 0.782. The lowest BCUT2D eigenvalue weighted by Gasteiger charge is -2.19. The summed E-state index contributed by atoms with van der Waals surface area (Å²) in [7, 11) is 0. The van der Waals surface area contributed by atoms with Crippen molar-refractivity contribution in [3.63, 3.8) is 0 Å². The Morgan fingerprint density at radius 3 is 2.14 bits per heavy atom. The molecule has 0 amide bonds. The molecule has 3 heteroatoms. The standard InChI is InChI=1S/C18H21BrO2/c1-12(20)13-5-10-17(16(19)11-13)21-15-8-6-14(7-9-15)18(2,3)4/h5-12,20H,1-4H3/t12-/m0/s1. The SMILES string of the molecule is C[C@H](O)c1ccc(Oc2ccc(C(C)(C)C)cc2)c(Br)c1. The molecule has 2 rings (SSSR count). The number of halogens is 1. The summed E-state index contributed by atoms with van der Waals surface area (Å²) in [6.07, 6.45) is -0.485. The highest BCUT2D eigenvalue weighted by molar-refractivity contribution is 9.10. The van der Waals surface area contributed by atoms with Gasteiger partial charge in [-0.05, 0) is 63.7 Å². The van der Waals surface area contributed by atoms with E-state index in [1.54, 1.807) is 6.92 Å². The van der Waals surface area contributed by atoms with E-state index >= 15 is 0 Å². The van der Waals surface area contributed by atoms with Crippen molar-refractivity contribution in [3.8, 4) is 11.5 Å². The lowest BCUT2D eigenvalue weighted by atomic mass is 9.87. The zero-order valence-electron chi connectivity index (χ0n) is 12.9. The van der Waals surface area contributed by atoms with Crippen molar-refractivity contribution in [2.24, 2.45) is 0 Å². The first-order chi connectivity index (χ1) is 9.77. The third-order valence-corrected chi connectivity index (χ3v) is 4.01. The Morgan fingerprint density at radius 1 is 1.05 bits per heavy atom. The molecule has 0 saturated carbocycles. The fourth-order valence-electron chi connectivity index (χ4n) is 2.01. The molecule has 0 aliphatic heterocycles. The van der Waals surface area contributed by atoms with Gasteiger partial charge in [-0.2, -0.15) is 0 Å². The fourth-order valence-corrected chi connectivity index (χ4v) is 2.49. The molecule has 0 unspecified atom stereocenters. The lowest BCUT2D eigenvalue weighted by Crippen LogP contribution is -2.10. The molecule has 0 aromatic heterocycles. The zero-order valence-corrected chi connectivity index (χ0v) is 14.4. The molecule has 0 fully saturated rings. The number of rotatable bonds is 3. The molecule has 2 aromatic carbocycles. The Bertz CT molecular complexity index is 610. The highest BCUT2D eigenvalue weighted by Crippen LogP contribution is 2.33.